The number of fused-ring (bicyclic) bond motifs is 1. The molecule has 1 aliphatic heterocycles. The van der Waals surface area contributed by atoms with E-state index >= 15 is 0 Å². The van der Waals surface area contributed by atoms with E-state index in [9.17, 15) is 14.4 Å². The van der Waals surface area contributed by atoms with Crippen LogP contribution >= 0.6 is 11.3 Å². The fourth-order valence-corrected chi connectivity index (χ4v) is 5.24. The van der Waals surface area contributed by atoms with Gasteiger partial charge in [-0.1, -0.05) is 6.42 Å². The Bertz CT molecular complexity index is 756. The first kappa shape index (κ1) is 21.6. The third-order valence-electron chi connectivity index (χ3n) is 5.47. The van der Waals surface area contributed by atoms with Crippen LogP contribution in [-0.2, 0) is 27.1 Å². The second kappa shape index (κ2) is 10.1. The van der Waals surface area contributed by atoms with Gasteiger partial charge in [-0.05, 0) is 38.2 Å². The maximum atomic E-state index is 12.7. The monoisotopic (exact) mass is 424 g/mol. The summed E-state index contributed by atoms with van der Waals surface area (Å²) < 4.78 is 10.0. The Balaban J connectivity index is 1.61. The van der Waals surface area contributed by atoms with Crippen molar-refractivity contribution in [3.05, 3.63) is 16.0 Å². The first-order chi connectivity index (χ1) is 14.0. The van der Waals surface area contributed by atoms with Crippen LogP contribution in [0.1, 0.15) is 47.0 Å². The molecular weight excluding hydrogens is 394 g/mol. The van der Waals surface area contributed by atoms with Crippen LogP contribution in [0.4, 0.5) is 9.80 Å². The molecule has 1 saturated heterocycles. The number of carbonyl (C=O) groups is 3. The zero-order chi connectivity index (χ0) is 20.8. The van der Waals surface area contributed by atoms with Crippen LogP contribution in [0, 0.1) is 0 Å². The fourth-order valence-electron chi connectivity index (χ4n) is 3.94. The molecule has 2 heterocycles. The number of esters is 1. The number of rotatable bonds is 5. The van der Waals surface area contributed by atoms with E-state index in [-0.39, 0.29) is 18.0 Å². The number of hydrogen-bond acceptors (Lipinski definition) is 6. The summed E-state index contributed by atoms with van der Waals surface area (Å²) in [4.78, 5) is 40.8. The number of carbonyl (C=O) groups excluding carboxylic acids is 3. The van der Waals surface area contributed by atoms with Gasteiger partial charge in [0.25, 0.3) is 5.91 Å². The van der Waals surface area contributed by atoms with Gasteiger partial charge in [0, 0.05) is 4.88 Å². The van der Waals surface area contributed by atoms with Gasteiger partial charge in [0.2, 0.25) is 0 Å². The van der Waals surface area contributed by atoms with Crippen LogP contribution in [0.15, 0.2) is 0 Å². The molecule has 1 aromatic rings. The number of quaternary nitrogens is 1. The number of nitrogens with zero attached hydrogens (tertiary/aromatic N) is 1. The molecule has 0 unspecified atom stereocenters. The average Bonchev–Trinajstić information content (AvgIpc) is 2.88. The Morgan fingerprint density at radius 3 is 2.55 bits per heavy atom. The highest BCUT2D eigenvalue weighted by atomic mass is 32.1. The van der Waals surface area contributed by atoms with Gasteiger partial charge < -0.3 is 19.7 Å². The zero-order valence-electron chi connectivity index (χ0n) is 17.2. The summed E-state index contributed by atoms with van der Waals surface area (Å²) in [5, 5.41) is 3.57. The predicted molar refractivity (Wildman–Crippen MR) is 110 cm³/mol. The topological polar surface area (TPSA) is 89.4 Å². The Hall–Kier alpha value is -2.13. The van der Waals surface area contributed by atoms with Gasteiger partial charge in [0.1, 0.15) is 5.00 Å². The second-order valence-corrected chi connectivity index (χ2v) is 8.53. The Morgan fingerprint density at radius 1 is 1.14 bits per heavy atom. The number of anilines is 1. The van der Waals surface area contributed by atoms with Gasteiger partial charge in [-0.25, -0.2) is 9.59 Å². The summed E-state index contributed by atoms with van der Waals surface area (Å²) in [6, 6.07) is 0. The molecule has 2 N–H and O–H groups in total. The molecule has 1 aromatic heterocycles. The Morgan fingerprint density at radius 2 is 1.86 bits per heavy atom. The summed E-state index contributed by atoms with van der Waals surface area (Å²) in [6.07, 6.45) is 4.82. The molecule has 0 radical (unpaired) electrons. The number of aryl methyl sites for hydroxylation is 1. The minimum atomic E-state index is -0.380. The summed E-state index contributed by atoms with van der Waals surface area (Å²) in [5.74, 6) is -0.499. The van der Waals surface area contributed by atoms with Crippen molar-refractivity contribution in [2.45, 2.75) is 39.0 Å². The highest BCUT2D eigenvalue weighted by Gasteiger charge is 2.29. The smallest absolute Gasteiger partial charge is 0.410 e. The number of nitrogens with one attached hydrogen (secondary N) is 2. The van der Waals surface area contributed by atoms with Crippen LogP contribution < -0.4 is 10.2 Å². The van der Waals surface area contributed by atoms with E-state index in [1.807, 2.05) is 0 Å². The SMILES string of the molecule is CCOC(=O)N1CC[NH+](CC(=O)Nc2sc3c(c2C(=O)OC)CCCCC3)CC1. The van der Waals surface area contributed by atoms with Crippen molar-refractivity contribution in [2.24, 2.45) is 0 Å². The van der Waals surface area contributed by atoms with Crippen molar-refractivity contribution in [2.75, 3.05) is 51.8 Å². The normalized spacial score (nSPS) is 17.2. The molecule has 8 nitrogen and oxygen atoms in total. The maximum absolute atomic E-state index is 12.7. The van der Waals surface area contributed by atoms with Crippen LogP contribution in [0.2, 0.25) is 0 Å². The highest BCUT2D eigenvalue weighted by molar-refractivity contribution is 7.17. The average molecular weight is 425 g/mol. The Labute approximate surface area is 175 Å². The second-order valence-electron chi connectivity index (χ2n) is 7.42. The molecule has 0 saturated carbocycles. The third kappa shape index (κ3) is 5.27. The van der Waals surface area contributed by atoms with Gasteiger partial charge >= 0.3 is 12.1 Å². The lowest BCUT2D eigenvalue weighted by Gasteiger charge is -2.31. The van der Waals surface area contributed by atoms with Gasteiger partial charge in [-0.15, -0.1) is 11.3 Å². The molecule has 0 aromatic carbocycles. The quantitative estimate of drug-likeness (QED) is 0.546. The van der Waals surface area contributed by atoms with E-state index in [1.165, 1.54) is 23.3 Å². The molecule has 0 atom stereocenters. The van der Waals surface area contributed by atoms with E-state index in [4.69, 9.17) is 9.47 Å². The molecule has 1 fully saturated rings. The van der Waals surface area contributed by atoms with Gasteiger partial charge in [0.15, 0.2) is 6.54 Å². The van der Waals surface area contributed by atoms with E-state index in [0.717, 1.165) is 42.6 Å². The molecule has 160 valence electrons. The first-order valence-corrected chi connectivity index (χ1v) is 11.1. The molecule has 9 heteroatoms. The minimum absolute atomic E-state index is 0.119. The van der Waals surface area contributed by atoms with Crippen molar-refractivity contribution in [1.82, 2.24) is 4.90 Å². The number of amides is 2. The Kier molecular flexibility index (Phi) is 7.49. The van der Waals surface area contributed by atoms with Crippen LogP contribution in [0.5, 0.6) is 0 Å². The lowest BCUT2D eigenvalue weighted by Crippen LogP contribution is -3.15. The van der Waals surface area contributed by atoms with E-state index in [0.29, 0.717) is 49.9 Å². The standard InChI is InChI=1S/C20H29N3O5S/c1-3-28-20(26)23-11-9-22(10-12-23)13-16(24)21-18-17(19(25)27-2)14-7-5-4-6-8-15(14)29-18/h3-13H2,1-2H3,(H,21,24)/p+1. The van der Waals surface area contributed by atoms with E-state index in [2.05, 4.69) is 5.32 Å². The zero-order valence-corrected chi connectivity index (χ0v) is 18.0. The lowest BCUT2D eigenvalue weighted by molar-refractivity contribution is -0.895. The molecular formula is C20H30N3O5S+. The van der Waals surface area contributed by atoms with Gasteiger partial charge in [0.05, 0.1) is 45.5 Å². The van der Waals surface area contributed by atoms with Crippen molar-refractivity contribution in [1.29, 1.82) is 0 Å². The van der Waals surface area contributed by atoms with E-state index in [1.54, 1.807) is 11.8 Å². The molecule has 0 spiro atoms. The minimum Gasteiger partial charge on any atom is -0.465 e. The summed E-state index contributed by atoms with van der Waals surface area (Å²) in [6.45, 7) is 4.98. The number of ether oxygens (including phenoxy) is 2. The lowest BCUT2D eigenvalue weighted by atomic mass is 10.1. The molecule has 0 bridgehead atoms. The molecule has 1 aliphatic carbocycles. The molecule has 2 aliphatic rings. The van der Waals surface area contributed by atoms with Crippen molar-refractivity contribution in [3.63, 3.8) is 0 Å². The third-order valence-corrected chi connectivity index (χ3v) is 6.68. The molecule has 29 heavy (non-hydrogen) atoms. The first-order valence-electron chi connectivity index (χ1n) is 10.3. The predicted octanol–water partition coefficient (Wildman–Crippen LogP) is 1.10. The highest BCUT2D eigenvalue weighted by Crippen LogP contribution is 2.37. The number of piperazine rings is 1. The largest absolute Gasteiger partial charge is 0.465 e. The van der Waals surface area contributed by atoms with Crippen molar-refractivity contribution in [3.8, 4) is 0 Å². The van der Waals surface area contributed by atoms with Crippen molar-refractivity contribution >= 4 is 34.3 Å². The fraction of sp³-hybridized carbons (Fsp3) is 0.650. The van der Waals surface area contributed by atoms with Gasteiger partial charge in [-0.2, -0.15) is 0 Å². The van der Waals surface area contributed by atoms with Gasteiger partial charge in [-0.3, -0.25) is 9.69 Å². The van der Waals surface area contributed by atoms with Crippen LogP contribution in [0.3, 0.4) is 0 Å². The number of hydrogen-bond donors (Lipinski definition) is 2. The summed E-state index contributed by atoms with van der Waals surface area (Å²) in [7, 11) is 1.38. The van der Waals surface area contributed by atoms with E-state index < -0.39 is 0 Å². The summed E-state index contributed by atoms with van der Waals surface area (Å²) in [5.41, 5.74) is 1.58. The molecule has 3 rings (SSSR count). The van der Waals surface area contributed by atoms with Crippen LogP contribution in [-0.4, -0.2) is 69.3 Å². The van der Waals surface area contributed by atoms with Crippen molar-refractivity contribution < 1.29 is 28.8 Å². The maximum Gasteiger partial charge on any atom is 0.410 e. The molecule has 2 amide bonds. The number of methoxy groups -OCH3 is 1. The van der Waals surface area contributed by atoms with Crippen LogP contribution in [0.25, 0.3) is 0 Å². The number of thiophene rings is 1. The summed E-state index contributed by atoms with van der Waals surface area (Å²) >= 11 is 1.51.